The smallest absolute Gasteiger partial charge is 0.311 e. The summed E-state index contributed by atoms with van der Waals surface area (Å²) in [5.74, 6) is -0.298. The Morgan fingerprint density at radius 1 is 1.28 bits per heavy atom. The fourth-order valence-electron chi connectivity index (χ4n) is 2.94. The second kappa shape index (κ2) is 6.93. The highest BCUT2D eigenvalue weighted by Gasteiger charge is 2.12. The molecule has 25 heavy (non-hydrogen) atoms. The van der Waals surface area contributed by atoms with Crippen LogP contribution in [-0.2, 0) is 29.5 Å². The number of hydrogen-bond donors (Lipinski definition) is 1. The number of hydrogen-bond acceptors (Lipinski definition) is 5. The van der Waals surface area contributed by atoms with Gasteiger partial charge in [0.15, 0.2) is 0 Å². The molecule has 2 aromatic heterocycles. The number of para-hydroxylation sites is 1. The van der Waals surface area contributed by atoms with Crippen LogP contribution in [0.15, 0.2) is 30.3 Å². The van der Waals surface area contributed by atoms with Gasteiger partial charge in [0.1, 0.15) is 0 Å². The Morgan fingerprint density at radius 3 is 2.72 bits per heavy atom. The predicted octanol–water partition coefficient (Wildman–Crippen LogP) is 2.91. The summed E-state index contributed by atoms with van der Waals surface area (Å²) < 4.78 is 6.65. The van der Waals surface area contributed by atoms with Crippen molar-refractivity contribution >= 4 is 22.6 Å². The van der Waals surface area contributed by atoms with E-state index in [0.29, 0.717) is 12.2 Å². The molecule has 0 bridgehead atoms. The molecule has 0 aliphatic heterocycles. The minimum atomic E-state index is -0.298. The van der Waals surface area contributed by atoms with E-state index < -0.39 is 0 Å². The highest BCUT2D eigenvalue weighted by molar-refractivity contribution is 5.92. The molecule has 0 spiro atoms. The normalized spacial score (nSPS) is 10.9. The van der Waals surface area contributed by atoms with Crippen LogP contribution in [0.25, 0.3) is 10.9 Å². The van der Waals surface area contributed by atoms with Gasteiger partial charge in [0.05, 0.1) is 30.4 Å². The highest BCUT2D eigenvalue weighted by Crippen LogP contribution is 2.25. The number of anilines is 1. The summed E-state index contributed by atoms with van der Waals surface area (Å²) in [4.78, 5) is 16.2. The van der Waals surface area contributed by atoms with Crippen LogP contribution in [0.2, 0.25) is 0 Å². The number of pyridine rings is 1. The van der Waals surface area contributed by atoms with E-state index in [1.807, 2.05) is 49.0 Å². The molecule has 6 heteroatoms. The number of rotatable bonds is 5. The maximum absolute atomic E-state index is 11.6. The van der Waals surface area contributed by atoms with Crippen molar-refractivity contribution in [2.24, 2.45) is 7.05 Å². The number of nitrogens with one attached hydrogen (secondary N) is 1. The summed E-state index contributed by atoms with van der Waals surface area (Å²) in [6.07, 6.45) is 0.154. The molecule has 0 saturated carbocycles. The van der Waals surface area contributed by atoms with Gasteiger partial charge in [-0.3, -0.25) is 14.5 Å². The second-order valence-electron chi connectivity index (χ2n) is 6.06. The van der Waals surface area contributed by atoms with Gasteiger partial charge in [-0.05, 0) is 26.0 Å². The Kier molecular flexibility index (Phi) is 4.70. The molecule has 0 radical (unpaired) electrons. The van der Waals surface area contributed by atoms with Crippen molar-refractivity contribution in [2.45, 2.75) is 26.8 Å². The second-order valence-corrected chi connectivity index (χ2v) is 6.06. The summed E-state index contributed by atoms with van der Waals surface area (Å²) in [5, 5.41) is 8.96. The van der Waals surface area contributed by atoms with Crippen LogP contribution in [0.3, 0.4) is 0 Å². The van der Waals surface area contributed by atoms with Crippen molar-refractivity contribution in [3.63, 3.8) is 0 Å². The van der Waals surface area contributed by atoms with E-state index in [9.17, 15) is 4.79 Å². The van der Waals surface area contributed by atoms with Gasteiger partial charge in [-0.15, -0.1) is 0 Å². The molecule has 0 unspecified atom stereocenters. The number of esters is 1. The van der Waals surface area contributed by atoms with Crippen LogP contribution >= 0.6 is 0 Å². The number of carbonyl (C=O) groups excluding carboxylic acids is 1. The van der Waals surface area contributed by atoms with E-state index in [1.165, 1.54) is 12.7 Å². The zero-order chi connectivity index (χ0) is 18.0. The summed E-state index contributed by atoms with van der Waals surface area (Å²) in [6, 6.07) is 9.81. The van der Waals surface area contributed by atoms with Crippen LogP contribution in [0.5, 0.6) is 0 Å². The molecule has 0 atom stereocenters. The summed E-state index contributed by atoms with van der Waals surface area (Å²) in [5.41, 5.74) is 5.82. The Labute approximate surface area is 146 Å². The van der Waals surface area contributed by atoms with Gasteiger partial charge in [0.2, 0.25) is 0 Å². The number of ether oxygens (including phenoxy) is 1. The maximum atomic E-state index is 11.6. The first-order valence-electron chi connectivity index (χ1n) is 8.18. The molecule has 3 aromatic rings. The lowest BCUT2D eigenvalue weighted by molar-refractivity contribution is -0.139. The number of nitrogens with zero attached hydrogens (tertiary/aromatic N) is 3. The monoisotopic (exact) mass is 338 g/mol. The molecular weight excluding hydrogens is 316 g/mol. The third kappa shape index (κ3) is 3.47. The van der Waals surface area contributed by atoms with Gasteiger partial charge >= 0.3 is 5.97 Å². The van der Waals surface area contributed by atoms with Gasteiger partial charge in [0, 0.05) is 35.9 Å². The Hall–Kier alpha value is -2.89. The van der Waals surface area contributed by atoms with Crippen molar-refractivity contribution in [1.82, 2.24) is 14.8 Å². The topological polar surface area (TPSA) is 69.0 Å². The SMILES string of the molecule is COC(=O)Cc1cc(NCc2c(C)nn(C)c2C)c2ccccc2n1. The molecule has 0 aliphatic rings. The van der Waals surface area contributed by atoms with Gasteiger partial charge in [-0.25, -0.2) is 0 Å². The molecule has 1 N–H and O–H groups in total. The number of aromatic nitrogens is 3. The predicted molar refractivity (Wildman–Crippen MR) is 97.5 cm³/mol. The van der Waals surface area contributed by atoms with E-state index in [-0.39, 0.29) is 12.4 Å². The first-order chi connectivity index (χ1) is 12.0. The number of methoxy groups -OCH3 is 1. The van der Waals surface area contributed by atoms with Gasteiger partial charge in [-0.1, -0.05) is 18.2 Å². The largest absolute Gasteiger partial charge is 0.469 e. The molecule has 0 amide bonds. The zero-order valence-corrected chi connectivity index (χ0v) is 15.0. The fraction of sp³-hybridized carbons (Fsp3) is 0.316. The molecule has 0 fully saturated rings. The lowest BCUT2D eigenvalue weighted by atomic mass is 10.1. The van der Waals surface area contributed by atoms with E-state index in [2.05, 4.69) is 22.3 Å². The number of carbonyl (C=O) groups is 1. The quantitative estimate of drug-likeness (QED) is 0.725. The lowest BCUT2D eigenvalue weighted by Gasteiger charge is -2.12. The molecular formula is C19H22N4O2. The van der Waals surface area contributed by atoms with E-state index in [0.717, 1.165) is 28.0 Å². The van der Waals surface area contributed by atoms with Crippen LogP contribution in [-0.4, -0.2) is 27.8 Å². The summed E-state index contributed by atoms with van der Waals surface area (Å²) in [7, 11) is 3.33. The van der Waals surface area contributed by atoms with Gasteiger partial charge in [0.25, 0.3) is 0 Å². The fourth-order valence-corrected chi connectivity index (χ4v) is 2.94. The van der Waals surface area contributed by atoms with Gasteiger partial charge < -0.3 is 10.1 Å². The van der Waals surface area contributed by atoms with Crippen molar-refractivity contribution in [2.75, 3.05) is 12.4 Å². The molecule has 0 saturated heterocycles. The number of aryl methyl sites for hydroxylation is 2. The van der Waals surface area contributed by atoms with Gasteiger partial charge in [-0.2, -0.15) is 5.10 Å². The molecule has 130 valence electrons. The Balaban J connectivity index is 1.94. The van der Waals surface area contributed by atoms with Crippen molar-refractivity contribution < 1.29 is 9.53 Å². The van der Waals surface area contributed by atoms with Crippen molar-refractivity contribution in [3.05, 3.63) is 53.0 Å². The summed E-state index contributed by atoms with van der Waals surface area (Å²) >= 11 is 0. The molecule has 2 heterocycles. The van der Waals surface area contributed by atoms with Crippen LogP contribution in [0.1, 0.15) is 22.6 Å². The number of benzene rings is 1. The average Bonchev–Trinajstić information content (AvgIpc) is 2.84. The Morgan fingerprint density at radius 2 is 2.04 bits per heavy atom. The van der Waals surface area contributed by atoms with E-state index in [1.54, 1.807) is 0 Å². The first kappa shape index (κ1) is 17.0. The van der Waals surface area contributed by atoms with E-state index >= 15 is 0 Å². The minimum absolute atomic E-state index is 0.154. The Bertz CT molecular complexity index is 931. The average molecular weight is 338 g/mol. The van der Waals surface area contributed by atoms with Crippen LogP contribution < -0.4 is 5.32 Å². The first-order valence-corrected chi connectivity index (χ1v) is 8.18. The minimum Gasteiger partial charge on any atom is -0.469 e. The molecule has 6 nitrogen and oxygen atoms in total. The van der Waals surface area contributed by atoms with Crippen LogP contribution in [0, 0.1) is 13.8 Å². The van der Waals surface area contributed by atoms with Crippen LogP contribution in [0.4, 0.5) is 5.69 Å². The molecule has 0 aliphatic carbocycles. The highest BCUT2D eigenvalue weighted by atomic mass is 16.5. The third-order valence-electron chi connectivity index (χ3n) is 4.44. The van der Waals surface area contributed by atoms with E-state index in [4.69, 9.17) is 4.74 Å². The summed E-state index contributed by atoms with van der Waals surface area (Å²) in [6.45, 7) is 4.74. The zero-order valence-electron chi connectivity index (χ0n) is 15.0. The van der Waals surface area contributed by atoms with Crippen molar-refractivity contribution in [1.29, 1.82) is 0 Å². The molecule has 3 rings (SSSR count). The standard InChI is InChI=1S/C19H22N4O2/c1-12-16(13(2)23(3)22-12)11-20-18-9-14(10-19(24)25-4)21-17-8-6-5-7-15(17)18/h5-9H,10-11H2,1-4H3,(H,20,21). The lowest BCUT2D eigenvalue weighted by Crippen LogP contribution is -2.08. The number of fused-ring (bicyclic) bond motifs is 1. The third-order valence-corrected chi connectivity index (χ3v) is 4.44. The maximum Gasteiger partial charge on any atom is 0.311 e. The van der Waals surface area contributed by atoms with Crippen molar-refractivity contribution in [3.8, 4) is 0 Å². The molecule has 1 aromatic carbocycles.